The van der Waals surface area contributed by atoms with Crippen molar-refractivity contribution in [3.8, 4) is 50.3 Å². The number of para-hydroxylation sites is 1. The molecule has 0 amide bonds. The first-order chi connectivity index (χ1) is 26.5. The van der Waals surface area contributed by atoms with Gasteiger partial charge in [0, 0.05) is 0 Å². The zero-order valence-corrected chi connectivity index (χ0v) is 30.2. The second kappa shape index (κ2) is 12.7. The fraction of sp³-hybridized carbons (Fsp3) is 0. The average molecular weight is 762 g/mol. The van der Waals surface area contributed by atoms with E-state index >= 15 is 0 Å². The van der Waals surface area contributed by atoms with E-state index in [1.807, 2.05) is 72.8 Å². The number of benzene rings is 7. The van der Waals surface area contributed by atoms with Gasteiger partial charge in [-0.1, -0.05) is 91.0 Å². The van der Waals surface area contributed by atoms with E-state index in [-0.39, 0.29) is 30.8 Å². The van der Waals surface area contributed by atoms with Crippen LogP contribution in [0.4, 0.5) is 17.1 Å². The van der Waals surface area contributed by atoms with E-state index in [0.29, 0.717) is 34.7 Å². The van der Waals surface area contributed by atoms with Crippen molar-refractivity contribution in [2.75, 3.05) is 4.90 Å². The van der Waals surface area contributed by atoms with Crippen LogP contribution in [-0.4, -0.2) is 34.4 Å². The summed E-state index contributed by atoms with van der Waals surface area (Å²) in [5, 5.41) is 9.23. The van der Waals surface area contributed by atoms with Crippen LogP contribution in [0.1, 0.15) is 10.4 Å². The molecule has 9 nitrogen and oxygen atoms in total. The van der Waals surface area contributed by atoms with Crippen molar-refractivity contribution in [1.82, 2.24) is 0 Å². The van der Waals surface area contributed by atoms with Crippen LogP contribution in [0.3, 0.4) is 0 Å². The van der Waals surface area contributed by atoms with Gasteiger partial charge in [0.05, 0.1) is 42.2 Å². The Bertz CT molecular complexity index is 2940. The monoisotopic (exact) mass is 761 g/mol. The quantitative estimate of drug-likeness (QED) is 0.158. The second-order valence-electron chi connectivity index (χ2n) is 13.1. The van der Waals surface area contributed by atoms with Crippen molar-refractivity contribution >= 4 is 49.2 Å². The molecule has 0 bridgehead atoms. The van der Waals surface area contributed by atoms with Crippen LogP contribution in [0.25, 0.3) is 44.5 Å². The van der Waals surface area contributed by atoms with Gasteiger partial charge in [-0.2, -0.15) is 0 Å². The molecule has 7 aromatic carbocycles. The predicted molar refractivity (Wildman–Crippen MR) is 207 cm³/mol. The Kier molecular flexibility index (Phi) is 7.82. The lowest BCUT2D eigenvalue weighted by Crippen LogP contribution is -2.29. The summed E-state index contributed by atoms with van der Waals surface area (Å²) >= 11 is 0. The van der Waals surface area contributed by atoms with Crippen LogP contribution in [0.15, 0.2) is 171 Å². The summed E-state index contributed by atoms with van der Waals surface area (Å²) in [4.78, 5) is 23.6. The molecule has 9 rings (SSSR count). The standard InChI is InChI=1S/C44H27NO8S2/c46-26-53-36-20-16-30(17-21-36)28-6-10-32(11-7-28)35-19-23-38-42(25-35)55(51,52)40-3-1-2-39-43(40)45(38)37-22-18-34(24-41(37)54(39,49)50)31-8-4-27(5-9-31)29-12-14-33(15-13-29)44(47)48/h1-26H,(H,47,48). The third kappa shape index (κ3) is 5.51. The number of carboxylic acids is 1. The lowest BCUT2D eigenvalue weighted by atomic mass is 9.99. The average Bonchev–Trinajstić information content (AvgIpc) is 3.21. The van der Waals surface area contributed by atoms with Crippen LogP contribution in [0.2, 0.25) is 0 Å². The van der Waals surface area contributed by atoms with Crippen molar-refractivity contribution in [2.45, 2.75) is 19.6 Å². The highest BCUT2D eigenvalue weighted by atomic mass is 32.2. The minimum Gasteiger partial charge on any atom is -0.478 e. The Balaban J connectivity index is 1.10. The summed E-state index contributed by atoms with van der Waals surface area (Å²) in [6.45, 7) is 0.374. The highest BCUT2D eigenvalue weighted by Gasteiger charge is 2.44. The summed E-state index contributed by atoms with van der Waals surface area (Å²) in [5.74, 6) is -0.568. The number of ether oxygens (including phenoxy) is 1. The van der Waals surface area contributed by atoms with Crippen LogP contribution in [0, 0.1) is 0 Å². The van der Waals surface area contributed by atoms with E-state index < -0.39 is 25.6 Å². The highest BCUT2D eigenvalue weighted by molar-refractivity contribution is 7.93. The summed E-state index contributed by atoms with van der Waals surface area (Å²) < 4.78 is 62.0. The molecule has 0 atom stereocenters. The first kappa shape index (κ1) is 34.0. The number of hydrogen-bond donors (Lipinski definition) is 1. The van der Waals surface area contributed by atoms with Crippen molar-refractivity contribution in [3.05, 3.63) is 157 Å². The second-order valence-corrected chi connectivity index (χ2v) is 16.9. The Hall–Kier alpha value is -6.82. The molecule has 1 N–H and O–H groups in total. The third-order valence-corrected chi connectivity index (χ3v) is 13.6. The van der Waals surface area contributed by atoms with Gasteiger partial charge in [-0.3, -0.25) is 4.79 Å². The van der Waals surface area contributed by atoms with Gasteiger partial charge >= 0.3 is 5.97 Å². The molecule has 268 valence electrons. The molecule has 2 heterocycles. The molecule has 55 heavy (non-hydrogen) atoms. The fourth-order valence-electron chi connectivity index (χ4n) is 7.25. The molecule has 0 aliphatic carbocycles. The maximum Gasteiger partial charge on any atom is 0.335 e. The van der Waals surface area contributed by atoms with Gasteiger partial charge in [0.1, 0.15) is 5.75 Å². The predicted octanol–water partition coefficient (Wildman–Crippen LogP) is 9.35. The molecular weight excluding hydrogens is 735 g/mol. The van der Waals surface area contributed by atoms with Gasteiger partial charge < -0.3 is 14.7 Å². The number of carbonyl (C=O) groups excluding carboxylic acids is 1. The molecule has 0 spiro atoms. The Morgan fingerprint density at radius 3 is 1.25 bits per heavy atom. The van der Waals surface area contributed by atoms with E-state index in [9.17, 15) is 31.5 Å². The third-order valence-electron chi connectivity index (χ3n) is 10.0. The smallest absolute Gasteiger partial charge is 0.335 e. The Labute approximate surface area is 316 Å². The number of rotatable bonds is 7. The van der Waals surface area contributed by atoms with Gasteiger partial charge in [-0.15, -0.1) is 0 Å². The largest absolute Gasteiger partial charge is 0.478 e. The van der Waals surface area contributed by atoms with Gasteiger partial charge in [-0.25, -0.2) is 21.6 Å². The minimum atomic E-state index is -4.14. The normalized spacial score (nSPS) is 14.2. The topological polar surface area (TPSA) is 135 Å². The molecule has 2 aliphatic heterocycles. The number of carboxylic acid groups (broad SMARTS) is 1. The van der Waals surface area contributed by atoms with Crippen molar-refractivity contribution in [1.29, 1.82) is 0 Å². The first-order valence-electron chi connectivity index (χ1n) is 17.0. The van der Waals surface area contributed by atoms with E-state index in [0.717, 1.165) is 33.4 Å². The number of fused-ring (bicyclic) bond motifs is 4. The molecule has 0 saturated heterocycles. The van der Waals surface area contributed by atoms with Crippen molar-refractivity contribution < 1.29 is 36.3 Å². The van der Waals surface area contributed by atoms with E-state index in [2.05, 4.69) is 0 Å². The maximum atomic E-state index is 14.3. The van der Waals surface area contributed by atoms with Crippen molar-refractivity contribution in [2.24, 2.45) is 0 Å². The molecule has 0 unspecified atom stereocenters. The number of carbonyl (C=O) groups is 2. The van der Waals surface area contributed by atoms with Crippen LogP contribution >= 0.6 is 0 Å². The zero-order chi connectivity index (χ0) is 38.1. The van der Waals surface area contributed by atoms with Gasteiger partial charge in [0.2, 0.25) is 19.7 Å². The number of nitrogens with zero attached hydrogens (tertiary/aromatic N) is 1. The molecule has 2 aliphatic rings. The van der Waals surface area contributed by atoms with Crippen molar-refractivity contribution in [3.63, 3.8) is 0 Å². The lowest BCUT2D eigenvalue weighted by Gasteiger charge is -2.38. The Morgan fingerprint density at radius 2 is 0.855 bits per heavy atom. The van der Waals surface area contributed by atoms with E-state index in [1.54, 1.807) is 65.6 Å². The summed E-state index contributed by atoms with van der Waals surface area (Å²) in [6.07, 6.45) is 0. The summed E-state index contributed by atoms with van der Waals surface area (Å²) in [5.41, 5.74) is 7.41. The van der Waals surface area contributed by atoms with Crippen LogP contribution in [0.5, 0.6) is 5.75 Å². The minimum absolute atomic E-state index is 0.0543. The van der Waals surface area contributed by atoms with Gasteiger partial charge in [-0.05, 0) is 105 Å². The van der Waals surface area contributed by atoms with E-state index in [1.165, 1.54) is 18.2 Å². The van der Waals surface area contributed by atoms with Gasteiger partial charge in [0.15, 0.2) is 0 Å². The lowest BCUT2D eigenvalue weighted by molar-refractivity contribution is -0.120. The summed E-state index contributed by atoms with van der Waals surface area (Å²) in [7, 11) is -8.27. The molecule has 0 aromatic heterocycles. The molecule has 0 fully saturated rings. The summed E-state index contributed by atoms with van der Waals surface area (Å²) in [6, 6.07) is 43.5. The molecule has 11 heteroatoms. The number of aromatic carboxylic acids is 1. The number of hydrogen-bond acceptors (Lipinski definition) is 8. The Morgan fingerprint density at radius 1 is 0.491 bits per heavy atom. The van der Waals surface area contributed by atoms with Crippen LogP contribution in [-0.2, 0) is 24.5 Å². The van der Waals surface area contributed by atoms with E-state index in [4.69, 9.17) is 4.74 Å². The highest BCUT2D eigenvalue weighted by Crippen LogP contribution is 2.56. The fourth-order valence-corrected chi connectivity index (χ4v) is 10.6. The molecule has 0 saturated carbocycles. The number of sulfone groups is 2. The number of anilines is 3. The van der Waals surface area contributed by atoms with Gasteiger partial charge in [0.25, 0.3) is 6.47 Å². The van der Waals surface area contributed by atoms with Crippen LogP contribution < -0.4 is 9.64 Å². The SMILES string of the molecule is O=COc1ccc(-c2ccc(-c3ccc4c(c3)S(=O)(=O)c3cccc5c3N4c3ccc(-c4ccc(-c6ccc(C(=O)O)cc6)cc4)cc3S5(=O)=O)cc2)cc1. The molecule has 7 aromatic rings. The first-order valence-corrected chi connectivity index (χ1v) is 20.0. The zero-order valence-electron chi connectivity index (χ0n) is 28.6. The molecular formula is C44H27NO8S2. The molecule has 0 radical (unpaired) electrons. The maximum absolute atomic E-state index is 14.3.